The highest BCUT2D eigenvalue weighted by atomic mass is 32.2. The van der Waals surface area contributed by atoms with Crippen molar-refractivity contribution in [3.63, 3.8) is 0 Å². The van der Waals surface area contributed by atoms with E-state index in [0.717, 1.165) is 31.6 Å². The summed E-state index contributed by atoms with van der Waals surface area (Å²) >= 11 is 2.04. The number of piperidine rings is 1. The zero-order valence-electron chi connectivity index (χ0n) is 14.6. The topological polar surface area (TPSA) is 75.4 Å². The zero-order chi connectivity index (χ0) is 17.1. The second kappa shape index (κ2) is 7.70. The van der Waals surface area contributed by atoms with Crippen molar-refractivity contribution in [3.8, 4) is 0 Å². The molecule has 1 aromatic heterocycles. The van der Waals surface area contributed by atoms with Gasteiger partial charge in [-0.1, -0.05) is 13.8 Å². The van der Waals surface area contributed by atoms with Crippen LogP contribution in [0, 0.1) is 0 Å². The van der Waals surface area contributed by atoms with Crippen LogP contribution in [0.5, 0.6) is 0 Å². The largest absolute Gasteiger partial charge is 0.368 e. The maximum absolute atomic E-state index is 12.8. The van der Waals surface area contributed by atoms with Crippen LogP contribution >= 0.6 is 11.8 Å². The van der Waals surface area contributed by atoms with Crippen LogP contribution < -0.4 is 5.73 Å². The zero-order valence-corrected chi connectivity index (χ0v) is 15.4. The molecular formula is C17H27N5OS. The van der Waals surface area contributed by atoms with Crippen molar-refractivity contribution >= 4 is 23.6 Å². The third kappa shape index (κ3) is 4.00. The lowest BCUT2D eigenvalue weighted by atomic mass is 10.0. The molecule has 3 rings (SSSR count). The van der Waals surface area contributed by atoms with Crippen LogP contribution in [-0.2, 0) is 0 Å². The van der Waals surface area contributed by atoms with Gasteiger partial charge in [-0.2, -0.15) is 11.8 Å². The Kier molecular flexibility index (Phi) is 5.61. The van der Waals surface area contributed by atoms with Crippen molar-refractivity contribution in [3.05, 3.63) is 17.5 Å². The molecule has 2 aliphatic rings. The number of amides is 1. The third-order valence-electron chi connectivity index (χ3n) is 4.89. The van der Waals surface area contributed by atoms with Gasteiger partial charge in [-0.25, -0.2) is 9.97 Å². The van der Waals surface area contributed by atoms with Gasteiger partial charge in [0.25, 0.3) is 5.91 Å². The van der Waals surface area contributed by atoms with E-state index in [1.54, 1.807) is 6.07 Å². The Balaban J connectivity index is 1.62. The van der Waals surface area contributed by atoms with E-state index >= 15 is 0 Å². The molecule has 1 amide bonds. The molecule has 7 heteroatoms. The number of nitrogens with zero attached hydrogens (tertiary/aromatic N) is 4. The molecular weight excluding hydrogens is 322 g/mol. The van der Waals surface area contributed by atoms with E-state index in [-0.39, 0.29) is 17.8 Å². The molecule has 0 unspecified atom stereocenters. The molecule has 0 radical (unpaired) electrons. The van der Waals surface area contributed by atoms with Crippen molar-refractivity contribution in [1.29, 1.82) is 0 Å². The van der Waals surface area contributed by atoms with Crippen molar-refractivity contribution in [2.45, 2.75) is 38.6 Å². The second-order valence-corrected chi connectivity index (χ2v) is 8.09. The van der Waals surface area contributed by atoms with E-state index < -0.39 is 0 Å². The van der Waals surface area contributed by atoms with Gasteiger partial charge in [0.2, 0.25) is 5.95 Å². The van der Waals surface area contributed by atoms with Gasteiger partial charge >= 0.3 is 0 Å². The Labute approximate surface area is 148 Å². The summed E-state index contributed by atoms with van der Waals surface area (Å²) in [6.45, 7) is 8.05. The van der Waals surface area contributed by atoms with Crippen LogP contribution in [-0.4, -0.2) is 69.4 Å². The van der Waals surface area contributed by atoms with Crippen LogP contribution in [0.15, 0.2) is 6.07 Å². The molecule has 2 fully saturated rings. The van der Waals surface area contributed by atoms with Crippen LogP contribution in [0.2, 0.25) is 0 Å². The van der Waals surface area contributed by atoms with Crippen LogP contribution in [0.3, 0.4) is 0 Å². The number of carbonyl (C=O) groups is 1. The fourth-order valence-corrected chi connectivity index (χ4v) is 4.36. The van der Waals surface area contributed by atoms with E-state index in [9.17, 15) is 4.79 Å². The summed E-state index contributed by atoms with van der Waals surface area (Å²) in [4.78, 5) is 25.7. The average Bonchev–Trinajstić information content (AvgIpc) is 2.61. The highest BCUT2D eigenvalue weighted by molar-refractivity contribution is 7.99. The monoisotopic (exact) mass is 349 g/mol. The van der Waals surface area contributed by atoms with Gasteiger partial charge in [0.15, 0.2) is 0 Å². The molecule has 2 aliphatic heterocycles. The van der Waals surface area contributed by atoms with Gasteiger partial charge in [0, 0.05) is 49.4 Å². The number of hydrogen-bond acceptors (Lipinski definition) is 6. The maximum Gasteiger partial charge on any atom is 0.272 e. The molecule has 6 nitrogen and oxygen atoms in total. The van der Waals surface area contributed by atoms with Crippen LogP contribution in [0.1, 0.15) is 48.8 Å². The number of carbonyl (C=O) groups excluding carboxylic acids is 1. The molecule has 2 N–H and O–H groups in total. The first kappa shape index (κ1) is 17.5. The number of anilines is 1. The highest BCUT2D eigenvalue weighted by Gasteiger charge is 2.29. The summed E-state index contributed by atoms with van der Waals surface area (Å²) in [6.07, 6.45) is 2.10. The van der Waals surface area contributed by atoms with E-state index in [4.69, 9.17) is 5.73 Å². The summed E-state index contributed by atoms with van der Waals surface area (Å²) in [7, 11) is 0. The highest BCUT2D eigenvalue weighted by Crippen LogP contribution is 2.22. The molecule has 0 aliphatic carbocycles. The minimum absolute atomic E-state index is 0.0151. The average molecular weight is 350 g/mol. The lowest BCUT2D eigenvalue weighted by molar-refractivity contribution is 0.0625. The number of likely N-dealkylation sites (tertiary alicyclic amines) is 1. The Hall–Kier alpha value is -1.34. The molecule has 0 atom stereocenters. The Morgan fingerprint density at radius 2 is 1.88 bits per heavy atom. The summed E-state index contributed by atoms with van der Waals surface area (Å²) in [5.74, 6) is 2.86. The van der Waals surface area contributed by atoms with Gasteiger partial charge in [-0.05, 0) is 24.8 Å². The van der Waals surface area contributed by atoms with Gasteiger partial charge in [-0.15, -0.1) is 0 Å². The first-order chi connectivity index (χ1) is 11.5. The van der Waals surface area contributed by atoms with Gasteiger partial charge in [0.05, 0.1) is 0 Å². The summed E-state index contributed by atoms with van der Waals surface area (Å²) < 4.78 is 0. The molecule has 0 aromatic carbocycles. The Bertz CT molecular complexity index is 580. The summed E-state index contributed by atoms with van der Waals surface area (Å²) in [5, 5.41) is 0. The van der Waals surface area contributed by atoms with Crippen molar-refractivity contribution < 1.29 is 4.79 Å². The number of hydrogen-bond donors (Lipinski definition) is 1. The van der Waals surface area contributed by atoms with Crippen molar-refractivity contribution in [2.24, 2.45) is 0 Å². The standard InChI is InChI=1S/C17H27N5OS/c1-12(2)14-11-15(20-17(18)19-14)16(23)22-5-3-13(4-6-22)21-7-9-24-10-8-21/h11-13H,3-10H2,1-2H3,(H2,18,19,20). The molecule has 0 saturated carbocycles. The fourth-order valence-electron chi connectivity index (χ4n) is 3.43. The van der Waals surface area contributed by atoms with E-state index in [2.05, 4.69) is 14.9 Å². The summed E-state index contributed by atoms with van der Waals surface area (Å²) in [6, 6.07) is 2.41. The molecule has 2 saturated heterocycles. The Morgan fingerprint density at radius 1 is 1.21 bits per heavy atom. The number of thioether (sulfide) groups is 1. The predicted octanol–water partition coefficient (Wildman–Crippen LogP) is 1.84. The molecule has 24 heavy (non-hydrogen) atoms. The minimum Gasteiger partial charge on any atom is -0.368 e. The minimum atomic E-state index is -0.0151. The molecule has 132 valence electrons. The Morgan fingerprint density at radius 3 is 2.50 bits per heavy atom. The quantitative estimate of drug-likeness (QED) is 0.897. The maximum atomic E-state index is 12.8. The number of aromatic nitrogens is 2. The van der Waals surface area contributed by atoms with Gasteiger partial charge in [0.1, 0.15) is 5.69 Å². The molecule has 0 spiro atoms. The van der Waals surface area contributed by atoms with Gasteiger partial charge < -0.3 is 10.6 Å². The predicted molar refractivity (Wildman–Crippen MR) is 98.4 cm³/mol. The van der Waals surface area contributed by atoms with E-state index in [0.29, 0.717) is 11.7 Å². The van der Waals surface area contributed by atoms with E-state index in [1.807, 2.05) is 30.5 Å². The normalized spacial score (nSPS) is 20.5. The molecule has 0 bridgehead atoms. The smallest absolute Gasteiger partial charge is 0.272 e. The molecule has 3 heterocycles. The van der Waals surface area contributed by atoms with Crippen molar-refractivity contribution in [2.75, 3.05) is 43.4 Å². The first-order valence-electron chi connectivity index (χ1n) is 8.80. The summed E-state index contributed by atoms with van der Waals surface area (Å²) in [5.41, 5.74) is 7.04. The SMILES string of the molecule is CC(C)c1cc(C(=O)N2CCC(N3CCSCC3)CC2)nc(N)n1. The van der Waals surface area contributed by atoms with Crippen LogP contribution in [0.25, 0.3) is 0 Å². The number of nitrogen functional groups attached to an aromatic ring is 1. The third-order valence-corrected chi connectivity index (χ3v) is 5.83. The lowest BCUT2D eigenvalue weighted by Gasteiger charge is -2.40. The fraction of sp³-hybridized carbons (Fsp3) is 0.706. The first-order valence-corrected chi connectivity index (χ1v) is 9.95. The second-order valence-electron chi connectivity index (χ2n) is 6.86. The van der Waals surface area contributed by atoms with Crippen molar-refractivity contribution in [1.82, 2.24) is 19.8 Å². The van der Waals surface area contributed by atoms with E-state index in [1.165, 1.54) is 24.6 Å². The van der Waals surface area contributed by atoms with Crippen LogP contribution in [0.4, 0.5) is 5.95 Å². The number of nitrogens with two attached hydrogens (primary N) is 1. The van der Waals surface area contributed by atoms with Gasteiger partial charge in [-0.3, -0.25) is 9.69 Å². The lowest BCUT2D eigenvalue weighted by Crippen LogP contribution is -2.49. The number of rotatable bonds is 3. The molecule has 1 aromatic rings.